The van der Waals surface area contributed by atoms with Gasteiger partial charge >= 0.3 is 5.97 Å². The van der Waals surface area contributed by atoms with Crippen molar-refractivity contribution in [3.05, 3.63) is 96.1 Å². The number of carbonyl (C=O) groups is 4. The van der Waals surface area contributed by atoms with Crippen LogP contribution in [0.4, 0.5) is 0 Å². The van der Waals surface area contributed by atoms with Crippen LogP contribution in [0.3, 0.4) is 0 Å². The number of carbonyl (C=O) groups excluding carboxylic acids is 4. The standard InChI is InChI=1S/C38H45N3O7/c1-4-14-24(2)40-22-13-21-38-32(35(44)41(34(38)36(40)45)28(23-42)26-15-7-5-8-16-26)31-29(48-38)19-11-12-20-30(43)39-25(3)33(47-37(31)46)27-17-9-6-10-18-27/h5-11,13,15-19,21,24-25,28-29,31-34,42H,4,12,14,20,22-23H2,1-3H3,(H,39,43)/b19-11-/t24?,25-,28-,29-,31+,32+,33+,34-,38+/m1/s1. The van der Waals surface area contributed by atoms with Gasteiger partial charge in [0, 0.05) is 19.0 Å². The number of hydrogen-bond acceptors (Lipinski definition) is 7. The number of nitrogens with zero attached hydrogens (tertiary/aromatic N) is 2. The summed E-state index contributed by atoms with van der Waals surface area (Å²) in [5, 5.41) is 13.8. The number of nitrogens with one attached hydrogen (secondary N) is 1. The van der Waals surface area contributed by atoms with Crippen molar-refractivity contribution in [1.82, 2.24) is 15.1 Å². The molecule has 0 aromatic heterocycles. The van der Waals surface area contributed by atoms with Gasteiger partial charge in [-0.2, -0.15) is 0 Å². The lowest BCUT2D eigenvalue weighted by Crippen LogP contribution is -2.57. The lowest BCUT2D eigenvalue weighted by atomic mass is 9.77. The number of ether oxygens (including phenoxy) is 2. The minimum atomic E-state index is -1.50. The molecule has 0 saturated carbocycles. The highest BCUT2D eigenvalue weighted by atomic mass is 16.6. The molecule has 3 amide bonds. The maximum Gasteiger partial charge on any atom is 0.313 e. The molecule has 4 heterocycles. The van der Waals surface area contributed by atoms with Gasteiger partial charge in [-0.3, -0.25) is 19.2 Å². The first kappa shape index (κ1) is 33.6. The predicted octanol–water partition coefficient (Wildman–Crippen LogP) is 4.03. The first-order valence-corrected chi connectivity index (χ1v) is 17.1. The predicted molar refractivity (Wildman–Crippen MR) is 178 cm³/mol. The maximum atomic E-state index is 15.0. The minimum Gasteiger partial charge on any atom is -0.455 e. The molecule has 4 aliphatic rings. The van der Waals surface area contributed by atoms with E-state index in [-0.39, 0.29) is 24.3 Å². The van der Waals surface area contributed by atoms with Crippen molar-refractivity contribution >= 4 is 23.7 Å². The summed E-state index contributed by atoms with van der Waals surface area (Å²) in [6, 6.07) is 15.7. The fraction of sp³-hybridized carbons (Fsp3) is 0.474. The van der Waals surface area contributed by atoms with Crippen molar-refractivity contribution in [1.29, 1.82) is 0 Å². The smallest absolute Gasteiger partial charge is 0.313 e. The molecule has 0 aliphatic carbocycles. The third-order valence-corrected chi connectivity index (χ3v) is 10.2. The first-order chi connectivity index (χ1) is 23.2. The second-order valence-electron chi connectivity index (χ2n) is 13.3. The highest BCUT2D eigenvalue weighted by molar-refractivity contribution is 5.99. The average Bonchev–Trinajstić information content (AvgIpc) is 3.47. The van der Waals surface area contributed by atoms with Crippen LogP contribution in [0.15, 0.2) is 85.0 Å². The third-order valence-electron chi connectivity index (χ3n) is 10.2. The van der Waals surface area contributed by atoms with Gasteiger partial charge in [0.2, 0.25) is 17.7 Å². The van der Waals surface area contributed by atoms with E-state index in [1.165, 1.54) is 4.90 Å². The fourth-order valence-electron chi connectivity index (χ4n) is 8.00. The Morgan fingerprint density at radius 3 is 2.40 bits per heavy atom. The number of benzene rings is 2. The van der Waals surface area contributed by atoms with Gasteiger partial charge in [-0.1, -0.05) is 98.3 Å². The zero-order chi connectivity index (χ0) is 34.0. The van der Waals surface area contributed by atoms with E-state index in [0.29, 0.717) is 24.1 Å². The highest BCUT2D eigenvalue weighted by Crippen LogP contribution is 2.55. The molecule has 1 spiro atoms. The summed E-state index contributed by atoms with van der Waals surface area (Å²) in [5.41, 5.74) is -0.134. The number of allylic oxidation sites excluding steroid dienone is 1. The number of likely N-dealkylation sites (tertiary alicyclic amines) is 1. The highest BCUT2D eigenvalue weighted by Gasteiger charge is 2.72. The molecule has 9 atom stereocenters. The molecular weight excluding hydrogens is 610 g/mol. The average molecular weight is 656 g/mol. The number of hydrogen-bond donors (Lipinski definition) is 2. The molecule has 2 fully saturated rings. The molecule has 2 N–H and O–H groups in total. The Balaban J connectivity index is 1.48. The van der Waals surface area contributed by atoms with E-state index in [9.17, 15) is 24.3 Å². The summed E-state index contributed by atoms with van der Waals surface area (Å²) in [7, 11) is 0. The van der Waals surface area contributed by atoms with Gasteiger partial charge in [0.05, 0.1) is 30.7 Å². The lowest BCUT2D eigenvalue weighted by Gasteiger charge is -2.40. The summed E-state index contributed by atoms with van der Waals surface area (Å²) in [5.74, 6) is -3.77. The topological polar surface area (TPSA) is 125 Å². The van der Waals surface area contributed by atoms with Crippen LogP contribution in [-0.4, -0.2) is 81.6 Å². The van der Waals surface area contributed by atoms with Crippen LogP contribution >= 0.6 is 0 Å². The van der Waals surface area contributed by atoms with Crippen LogP contribution in [0.5, 0.6) is 0 Å². The zero-order valence-electron chi connectivity index (χ0n) is 27.7. The van der Waals surface area contributed by atoms with E-state index in [0.717, 1.165) is 12.8 Å². The molecule has 254 valence electrons. The van der Waals surface area contributed by atoms with E-state index in [2.05, 4.69) is 12.2 Å². The Morgan fingerprint density at radius 2 is 1.71 bits per heavy atom. The Kier molecular flexibility index (Phi) is 9.85. The summed E-state index contributed by atoms with van der Waals surface area (Å²) < 4.78 is 13.1. The van der Waals surface area contributed by atoms with E-state index in [4.69, 9.17) is 9.47 Å². The van der Waals surface area contributed by atoms with Crippen LogP contribution < -0.4 is 5.32 Å². The molecule has 2 aromatic carbocycles. The van der Waals surface area contributed by atoms with Crippen LogP contribution in [0.2, 0.25) is 0 Å². The van der Waals surface area contributed by atoms with Crippen molar-refractivity contribution < 1.29 is 33.8 Å². The Hall–Kier alpha value is -4.28. The van der Waals surface area contributed by atoms with Gasteiger partial charge in [-0.25, -0.2) is 0 Å². The van der Waals surface area contributed by atoms with Gasteiger partial charge < -0.3 is 29.7 Å². The minimum absolute atomic E-state index is 0.111. The molecule has 4 aliphatic heterocycles. The maximum absolute atomic E-state index is 15.0. The lowest BCUT2D eigenvalue weighted by molar-refractivity contribution is -0.162. The molecular formula is C38H45N3O7. The number of aliphatic hydroxyl groups excluding tert-OH is 1. The van der Waals surface area contributed by atoms with Crippen LogP contribution in [-0.2, 0) is 28.7 Å². The number of aliphatic hydroxyl groups is 1. The second-order valence-corrected chi connectivity index (χ2v) is 13.3. The van der Waals surface area contributed by atoms with E-state index in [1.54, 1.807) is 30.1 Å². The number of amides is 3. The van der Waals surface area contributed by atoms with Crippen molar-refractivity contribution in [2.24, 2.45) is 11.8 Å². The van der Waals surface area contributed by atoms with Crippen LogP contribution in [0.1, 0.15) is 69.7 Å². The van der Waals surface area contributed by atoms with Gasteiger partial charge in [-0.15, -0.1) is 0 Å². The van der Waals surface area contributed by atoms with Crippen molar-refractivity contribution in [2.45, 2.75) is 88.4 Å². The number of fused-ring (bicyclic) bond motifs is 2. The fourth-order valence-corrected chi connectivity index (χ4v) is 8.00. The van der Waals surface area contributed by atoms with Gasteiger partial charge in [0.25, 0.3) is 0 Å². The third kappa shape index (κ3) is 5.96. The molecule has 2 saturated heterocycles. The summed E-state index contributed by atoms with van der Waals surface area (Å²) in [4.78, 5) is 60.3. The SMILES string of the molecule is CCCC(C)N1CC=C[C@]23O[C@@H]4/C=C\CCC(=O)N[C@H](C)[C@@H](c5ccccc5)OC(=O)[C@@H]4[C@H]2C(=O)N([C@H](CO)c2ccccc2)[C@@H]3C1=O. The quantitative estimate of drug-likeness (QED) is 0.341. The number of rotatable bonds is 7. The van der Waals surface area contributed by atoms with Crippen molar-refractivity contribution in [2.75, 3.05) is 13.2 Å². The molecule has 2 aromatic rings. The normalized spacial score (nSPS) is 32.5. The molecule has 0 radical (unpaired) electrons. The molecule has 0 bridgehead atoms. The molecule has 10 heteroatoms. The van der Waals surface area contributed by atoms with Crippen molar-refractivity contribution in [3.63, 3.8) is 0 Å². The summed E-state index contributed by atoms with van der Waals surface area (Å²) >= 11 is 0. The van der Waals surface area contributed by atoms with Gasteiger partial charge in [0.15, 0.2) is 0 Å². The summed E-state index contributed by atoms with van der Waals surface area (Å²) in [6.07, 6.45) is 7.70. The van der Waals surface area contributed by atoms with E-state index in [1.807, 2.05) is 73.7 Å². The monoisotopic (exact) mass is 655 g/mol. The van der Waals surface area contributed by atoms with Crippen molar-refractivity contribution in [3.8, 4) is 0 Å². The molecule has 48 heavy (non-hydrogen) atoms. The molecule has 1 unspecified atom stereocenters. The number of esters is 1. The van der Waals surface area contributed by atoms with Crippen LogP contribution in [0.25, 0.3) is 0 Å². The van der Waals surface area contributed by atoms with Gasteiger partial charge in [0.1, 0.15) is 23.7 Å². The van der Waals surface area contributed by atoms with E-state index < -0.39 is 66.3 Å². The van der Waals surface area contributed by atoms with Gasteiger partial charge in [-0.05, 0) is 37.8 Å². The Bertz CT molecular complexity index is 1560. The largest absolute Gasteiger partial charge is 0.455 e. The summed E-state index contributed by atoms with van der Waals surface area (Å²) in [6.45, 7) is 5.74. The van der Waals surface area contributed by atoms with E-state index >= 15 is 0 Å². The van der Waals surface area contributed by atoms with Crippen LogP contribution in [0, 0.1) is 11.8 Å². The second kappa shape index (κ2) is 14.1. The Morgan fingerprint density at radius 1 is 1.00 bits per heavy atom. The first-order valence-electron chi connectivity index (χ1n) is 17.1. The zero-order valence-corrected chi connectivity index (χ0v) is 27.7. The molecule has 6 rings (SSSR count). The Labute approximate surface area is 281 Å². The molecule has 10 nitrogen and oxygen atoms in total. The number of cyclic esters (lactones) is 1.